The van der Waals surface area contributed by atoms with Crippen LogP contribution in [0.2, 0.25) is 0 Å². The molecule has 1 aromatic carbocycles. The van der Waals surface area contributed by atoms with E-state index in [1.807, 2.05) is 0 Å². The maximum Gasteiger partial charge on any atom is 0.119 e. The zero-order valence-electron chi connectivity index (χ0n) is 13.8. The Hall–Kier alpha value is -1.02. The average molecular weight is 277 g/mol. The normalized spacial score (nSPS) is 14.1. The van der Waals surface area contributed by atoms with Crippen molar-refractivity contribution in [3.05, 3.63) is 29.3 Å². The first-order chi connectivity index (χ1) is 9.67. The van der Waals surface area contributed by atoms with Crippen molar-refractivity contribution in [2.75, 3.05) is 13.7 Å². The van der Waals surface area contributed by atoms with E-state index in [0.29, 0.717) is 12.0 Å². The van der Waals surface area contributed by atoms with Crippen LogP contribution in [0.5, 0.6) is 5.75 Å². The highest BCUT2D eigenvalue weighted by Gasteiger charge is 2.22. The van der Waals surface area contributed by atoms with Crippen LogP contribution in [0.4, 0.5) is 0 Å². The number of methoxy groups -OCH3 is 1. The zero-order chi connectivity index (χ0) is 15.0. The minimum Gasteiger partial charge on any atom is -0.497 e. The Morgan fingerprint density at radius 3 is 2.45 bits per heavy atom. The van der Waals surface area contributed by atoms with Gasteiger partial charge in [0, 0.05) is 6.04 Å². The maximum absolute atomic E-state index is 5.32. The first-order valence-corrected chi connectivity index (χ1v) is 8.05. The third-order valence-corrected chi connectivity index (χ3v) is 4.16. The second-order valence-corrected chi connectivity index (χ2v) is 5.57. The molecule has 20 heavy (non-hydrogen) atoms. The van der Waals surface area contributed by atoms with Gasteiger partial charge in [0.15, 0.2) is 0 Å². The standard InChI is InChI=1S/C18H31NO/c1-6-9-10-15(7-2)18(19-8-3)17-12-11-16(20-5)13-14(17)4/h11-13,15,18-19H,6-10H2,1-5H3. The van der Waals surface area contributed by atoms with E-state index in [0.717, 1.165) is 12.3 Å². The molecule has 2 heteroatoms. The van der Waals surface area contributed by atoms with Gasteiger partial charge in [-0.3, -0.25) is 0 Å². The number of unbranched alkanes of at least 4 members (excludes halogenated alkanes) is 1. The molecule has 0 heterocycles. The summed E-state index contributed by atoms with van der Waals surface area (Å²) in [6.45, 7) is 9.98. The third kappa shape index (κ3) is 4.52. The summed E-state index contributed by atoms with van der Waals surface area (Å²) in [6, 6.07) is 6.92. The summed E-state index contributed by atoms with van der Waals surface area (Å²) in [4.78, 5) is 0. The minimum absolute atomic E-state index is 0.461. The van der Waals surface area contributed by atoms with Gasteiger partial charge in [0.2, 0.25) is 0 Å². The van der Waals surface area contributed by atoms with Gasteiger partial charge in [-0.1, -0.05) is 46.1 Å². The quantitative estimate of drug-likeness (QED) is 0.695. The van der Waals surface area contributed by atoms with E-state index >= 15 is 0 Å². The smallest absolute Gasteiger partial charge is 0.119 e. The molecule has 1 N–H and O–H groups in total. The van der Waals surface area contributed by atoms with Gasteiger partial charge in [-0.05, 0) is 49.1 Å². The molecule has 114 valence electrons. The van der Waals surface area contributed by atoms with Crippen LogP contribution in [-0.2, 0) is 0 Å². The molecule has 0 fully saturated rings. The number of benzene rings is 1. The van der Waals surface area contributed by atoms with Gasteiger partial charge >= 0.3 is 0 Å². The predicted octanol–water partition coefficient (Wildman–Crippen LogP) is 4.87. The zero-order valence-corrected chi connectivity index (χ0v) is 13.8. The Balaban J connectivity index is 2.98. The van der Waals surface area contributed by atoms with Gasteiger partial charge in [0.05, 0.1) is 7.11 Å². The topological polar surface area (TPSA) is 21.3 Å². The highest BCUT2D eigenvalue weighted by atomic mass is 16.5. The Kier molecular flexibility index (Phi) is 7.68. The van der Waals surface area contributed by atoms with Crippen molar-refractivity contribution in [1.82, 2.24) is 5.32 Å². The van der Waals surface area contributed by atoms with E-state index in [4.69, 9.17) is 4.74 Å². The summed E-state index contributed by atoms with van der Waals surface area (Å²) in [5.74, 6) is 1.66. The van der Waals surface area contributed by atoms with E-state index in [1.165, 1.54) is 36.8 Å². The Morgan fingerprint density at radius 2 is 1.95 bits per heavy atom. The van der Waals surface area contributed by atoms with Crippen molar-refractivity contribution in [2.24, 2.45) is 5.92 Å². The molecule has 2 atom stereocenters. The van der Waals surface area contributed by atoms with Crippen LogP contribution in [0.3, 0.4) is 0 Å². The second-order valence-electron chi connectivity index (χ2n) is 5.57. The molecule has 0 aromatic heterocycles. The van der Waals surface area contributed by atoms with Crippen molar-refractivity contribution >= 4 is 0 Å². The third-order valence-electron chi connectivity index (χ3n) is 4.16. The van der Waals surface area contributed by atoms with Crippen LogP contribution >= 0.6 is 0 Å². The molecule has 2 unspecified atom stereocenters. The Labute approximate surface area is 124 Å². The summed E-state index contributed by atoms with van der Waals surface area (Å²) in [7, 11) is 1.73. The molecular weight excluding hydrogens is 246 g/mol. The number of hydrogen-bond acceptors (Lipinski definition) is 2. The highest BCUT2D eigenvalue weighted by Crippen LogP contribution is 2.32. The van der Waals surface area contributed by atoms with E-state index in [-0.39, 0.29) is 0 Å². The lowest BCUT2D eigenvalue weighted by Crippen LogP contribution is -2.28. The van der Waals surface area contributed by atoms with Gasteiger partial charge in [0.25, 0.3) is 0 Å². The van der Waals surface area contributed by atoms with Crippen LogP contribution in [-0.4, -0.2) is 13.7 Å². The predicted molar refractivity (Wildman–Crippen MR) is 87.5 cm³/mol. The molecule has 0 radical (unpaired) electrons. The molecular formula is C18H31NO. The summed E-state index contributed by atoms with van der Waals surface area (Å²) < 4.78 is 5.32. The van der Waals surface area contributed by atoms with Gasteiger partial charge in [-0.15, -0.1) is 0 Å². The molecule has 2 nitrogen and oxygen atoms in total. The fourth-order valence-electron chi connectivity index (χ4n) is 2.95. The largest absolute Gasteiger partial charge is 0.497 e. The maximum atomic E-state index is 5.32. The molecule has 0 aliphatic carbocycles. The molecule has 0 spiro atoms. The molecule has 0 saturated heterocycles. The van der Waals surface area contributed by atoms with Crippen LogP contribution in [0.15, 0.2) is 18.2 Å². The molecule has 0 amide bonds. The van der Waals surface area contributed by atoms with Crippen molar-refractivity contribution in [3.63, 3.8) is 0 Å². The van der Waals surface area contributed by atoms with Crippen LogP contribution in [0.1, 0.15) is 63.6 Å². The first kappa shape index (κ1) is 17.0. The molecule has 1 rings (SSSR count). The SMILES string of the molecule is CCCCC(CC)C(NCC)c1ccc(OC)cc1C. The number of hydrogen-bond donors (Lipinski definition) is 1. The van der Waals surface area contributed by atoms with E-state index < -0.39 is 0 Å². The van der Waals surface area contributed by atoms with Gasteiger partial charge in [-0.2, -0.15) is 0 Å². The summed E-state index contributed by atoms with van der Waals surface area (Å²) in [5, 5.41) is 3.70. The molecule has 0 aliphatic heterocycles. The Morgan fingerprint density at radius 1 is 1.20 bits per heavy atom. The number of ether oxygens (including phenoxy) is 1. The highest BCUT2D eigenvalue weighted by molar-refractivity contribution is 5.37. The van der Waals surface area contributed by atoms with Crippen LogP contribution in [0, 0.1) is 12.8 Å². The number of rotatable bonds is 9. The van der Waals surface area contributed by atoms with Crippen LogP contribution < -0.4 is 10.1 Å². The summed E-state index contributed by atoms with van der Waals surface area (Å²) in [5.41, 5.74) is 2.75. The molecule has 0 saturated carbocycles. The van der Waals surface area contributed by atoms with Crippen molar-refractivity contribution in [1.29, 1.82) is 0 Å². The minimum atomic E-state index is 0.461. The Bertz CT molecular complexity index is 389. The van der Waals surface area contributed by atoms with E-state index in [1.54, 1.807) is 7.11 Å². The molecule has 0 aliphatic rings. The van der Waals surface area contributed by atoms with Gasteiger partial charge in [0.1, 0.15) is 5.75 Å². The lowest BCUT2D eigenvalue weighted by Gasteiger charge is -2.29. The van der Waals surface area contributed by atoms with Crippen molar-refractivity contribution < 1.29 is 4.74 Å². The monoisotopic (exact) mass is 277 g/mol. The number of nitrogens with one attached hydrogen (secondary N) is 1. The lowest BCUT2D eigenvalue weighted by atomic mass is 9.85. The van der Waals surface area contributed by atoms with Crippen LogP contribution in [0.25, 0.3) is 0 Å². The summed E-state index contributed by atoms with van der Waals surface area (Å²) >= 11 is 0. The average Bonchev–Trinajstić information content (AvgIpc) is 2.47. The fraction of sp³-hybridized carbons (Fsp3) is 0.667. The second kappa shape index (κ2) is 9.02. The fourth-order valence-corrected chi connectivity index (χ4v) is 2.95. The van der Waals surface area contributed by atoms with Gasteiger partial charge < -0.3 is 10.1 Å². The first-order valence-electron chi connectivity index (χ1n) is 8.05. The number of aryl methyl sites for hydroxylation is 1. The molecule has 0 bridgehead atoms. The van der Waals surface area contributed by atoms with Gasteiger partial charge in [-0.25, -0.2) is 0 Å². The van der Waals surface area contributed by atoms with E-state index in [9.17, 15) is 0 Å². The van der Waals surface area contributed by atoms with Crippen molar-refractivity contribution in [2.45, 2.75) is 59.4 Å². The van der Waals surface area contributed by atoms with E-state index in [2.05, 4.69) is 51.2 Å². The summed E-state index contributed by atoms with van der Waals surface area (Å²) in [6.07, 6.45) is 5.12. The molecule has 1 aromatic rings. The lowest BCUT2D eigenvalue weighted by molar-refractivity contribution is 0.326. The van der Waals surface area contributed by atoms with Crippen molar-refractivity contribution in [3.8, 4) is 5.75 Å².